The normalized spacial score (nSPS) is 11.4. The third-order valence-electron chi connectivity index (χ3n) is 1.40. The van der Waals surface area contributed by atoms with Gasteiger partial charge in [-0.15, -0.1) is 0 Å². The summed E-state index contributed by atoms with van der Waals surface area (Å²) >= 11 is 0. The fourth-order valence-electron chi connectivity index (χ4n) is 0.817. The van der Waals surface area contributed by atoms with E-state index in [0.717, 1.165) is 0 Å². The lowest BCUT2D eigenvalue weighted by atomic mass is 10.3. The zero-order valence-electron chi connectivity index (χ0n) is 7.06. The van der Waals surface area contributed by atoms with Gasteiger partial charge in [-0.1, -0.05) is 0 Å². The Kier molecular flexibility index (Phi) is 3.10. The Labute approximate surface area is 77.5 Å². The van der Waals surface area contributed by atoms with Gasteiger partial charge in [-0.3, -0.25) is 9.89 Å². The van der Waals surface area contributed by atoms with Crippen molar-refractivity contribution in [3.8, 4) is 0 Å². The van der Waals surface area contributed by atoms with Crippen molar-refractivity contribution in [2.24, 2.45) is 0 Å². The average molecular weight is 207 g/mol. The monoisotopic (exact) mass is 207 g/mol. The highest BCUT2D eigenvalue weighted by Crippen LogP contribution is 2.12. The Morgan fingerprint density at radius 1 is 1.57 bits per heavy atom. The first-order valence-electron chi connectivity index (χ1n) is 3.79. The highest BCUT2D eigenvalue weighted by atomic mass is 19.4. The smallest absolute Gasteiger partial charge is 0.347 e. The molecule has 14 heavy (non-hydrogen) atoms. The minimum Gasteiger partial charge on any atom is -0.347 e. The van der Waals surface area contributed by atoms with Gasteiger partial charge in [0.05, 0.1) is 6.42 Å². The summed E-state index contributed by atoms with van der Waals surface area (Å²) in [5.74, 6) is -0.688. The number of nitrogens with zero attached hydrogens (tertiary/aromatic N) is 1. The number of hydrogen-bond donors (Lipinski definition) is 2. The summed E-state index contributed by atoms with van der Waals surface area (Å²) < 4.78 is 35.0. The van der Waals surface area contributed by atoms with E-state index >= 15 is 0 Å². The van der Waals surface area contributed by atoms with E-state index in [9.17, 15) is 18.0 Å². The van der Waals surface area contributed by atoms with Crippen LogP contribution in [0.1, 0.15) is 5.69 Å². The van der Waals surface area contributed by atoms with Crippen LogP contribution >= 0.6 is 0 Å². The van der Waals surface area contributed by atoms with E-state index in [1.165, 1.54) is 12.3 Å². The van der Waals surface area contributed by atoms with Crippen LogP contribution in [0.3, 0.4) is 0 Å². The lowest BCUT2D eigenvalue weighted by Gasteiger charge is -2.07. The van der Waals surface area contributed by atoms with Crippen LogP contribution in [0, 0.1) is 0 Å². The largest absolute Gasteiger partial charge is 0.405 e. The second-order valence-corrected chi connectivity index (χ2v) is 2.65. The molecule has 0 aliphatic rings. The van der Waals surface area contributed by atoms with Gasteiger partial charge in [0, 0.05) is 11.9 Å². The second-order valence-electron chi connectivity index (χ2n) is 2.65. The van der Waals surface area contributed by atoms with Crippen molar-refractivity contribution in [2.75, 3.05) is 6.54 Å². The number of nitrogens with one attached hydrogen (secondary N) is 2. The molecule has 0 saturated carbocycles. The van der Waals surface area contributed by atoms with Crippen LogP contribution in [0.25, 0.3) is 0 Å². The van der Waals surface area contributed by atoms with Crippen molar-refractivity contribution >= 4 is 5.91 Å². The van der Waals surface area contributed by atoms with E-state index in [1.54, 1.807) is 5.32 Å². The molecule has 0 saturated heterocycles. The Morgan fingerprint density at radius 3 is 2.79 bits per heavy atom. The van der Waals surface area contributed by atoms with Gasteiger partial charge in [-0.25, -0.2) is 0 Å². The number of hydrogen-bond acceptors (Lipinski definition) is 2. The number of carbonyl (C=O) groups excluding carboxylic acids is 1. The molecule has 0 unspecified atom stereocenters. The molecule has 1 heterocycles. The molecule has 1 aromatic heterocycles. The lowest BCUT2D eigenvalue weighted by molar-refractivity contribution is -0.138. The maximum absolute atomic E-state index is 11.7. The molecule has 0 aromatic carbocycles. The molecule has 2 N–H and O–H groups in total. The summed E-state index contributed by atoms with van der Waals surface area (Å²) in [7, 11) is 0. The van der Waals surface area contributed by atoms with Crippen molar-refractivity contribution < 1.29 is 18.0 Å². The fraction of sp³-hybridized carbons (Fsp3) is 0.429. The summed E-state index contributed by atoms with van der Waals surface area (Å²) in [4.78, 5) is 10.9. The molecule has 1 rings (SSSR count). The molecule has 0 spiro atoms. The van der Waals surface area contributed by atoms with Crippen LogP contribution in [0.15, 0.2) is 12.3 Å². The molecule has 1 amide bonds. The highest BCUT2D eigenvalue weighted by molar-refractivity contribution is 5.78. The van der Waals surface area contributed by atoms with Crippen LogP contribution in [-0.2, 0) is 11.2 Å². The van der Waals surface area contributed by atoms with Gasteiger partial charge in [0.25, 0.3) is 0 Å². The van der Waals surface area contributed by atoms with Gasteiger partial charge in [0.15, 0.2) is 0 Å². The third kappa shape index (κ3) is 3.92. The van der Waals surface area contributed by atoms with Crippen molar-refractivity contribution in [1.29, 1.82) is 0 Å². The van der Waals surface area contributed by atoms with E-state index in [0.29, 0.717) is 5.69 Å². The first kappa shape index (κ1) is 10.6. The van der Waals surface area contributed by atoms with Gasteiger partial charge < -0.3 is 5.32 Å². The van der Waals surface area contributed by atoms with Crippen molar-refractivity contribution in [2.45, 2.75) is 12.6 Å². The van der Waals surface area contributed by atoms with Gasteiger partial charge in [-0.2, -0.15) is 18.3 Å². The number of alkyl halides is 3. The quantitative estimate of drug-likeness (QED) is 0.763. The number of halogens is 3. The van der Waals surface area contributed by atoms with Crippen molar-refractivity contribution in [3.63, 3.8) is 0 Å². The summed E-state index contributed by atoms with van der Waals surface area (Å²) in [5, 5.41) is 7.78. The summed E-state index contributed by atoms with van der Waals surface area (Å²) in [6.45, 7) is -1.31. The SMILES string of the molecule is O=C(Cc1ccn[nH]1)NCC(F)(F)F. The zero-order chi connectivity index (χ0) is 10.6. The van der Waals surface area contributed by atoms with E-state index < -0.39 is 18.6 Å². The molecular formula is C7H8F3N3O. The van der Waals surface area contributed by atoms with E-state index in [1.807, 2.05) is 0 Å². The molecule has 78 valence electrons. The van der Waals surface area contributed by atoms with Gasteiger partial charge in [-0.05, 0) is 6.07 Å². The van der Waals surface area contributed by atoms with Crippen molar-refractivity contribution in [3.05, 3.63) is 18.0 Å². The molecule has 0 fully saturated rings. The van der Waals surface area contributed by atoms with E-state index in [-0.39, 0.29) is 6.42 Å². The Bertz CT molecular complexity index is 294. The molecule has 1 aromatic rings. The van der Waals surface area contributed by atoms with Crippen LogP contribution in [-0.4, -0.2) is 28.8 Å². The molecule has 0 radical (unpaired) electrons. The zero-order valence-corrected chi connectivity index (χ0v) is 7.06. The Hall–Kier alpha value is -1.53. The predicted octanol–water partition coefficient (Wildman–Crippen LogP) is 0.631. The topological polar surface area (TPSA) is 57.8 Å². The molecular weight excluding hydrogens is 199 g/mol. The minimum atomic E-state index is -4.37. The molecule has 0 bridgehead atoms. The molecule has 4 nitrogen and oxygen atoms in total. The van der Waals surface area contributed by atoms with Crippen LogP contribution in [0.5, 0.6) is 0 Å². The lowest BCUT2D eigenvalue weighted by Crippen LogP contribution is -2.34. The first-order valence-corrected chi connectivity index (χ1v) is 3.79. The second kappa shape index (κ2) is 4.12. The third-order valence-corrected chi connectivity index (χ3v) is 1.40. The number of amides is 1. The predicted molar refractivity (Wildman–Crippen MR) is 41.4 cm³/mol. The summed E-state index contributed by atoms with van der Waals surface area (Å²) in [5.41, 5.74) is 0.477. The maximum atomic E-state index is 11.7. The average Bonchev–Trinajstić information content (AvgIpc) is 2.52. The van der Waals surface area contributed by atoms with Gasteiger partial charge >= 0.3 is 6.18 Å². The van der Waals surface area contributed by atoms with E-state index in [4.69, 9.17) is 0 Å². The van der Waals surface area contributed by atoms with Gasteiger partial charge in [0.1, 0.15) is 6.54 Å². The van der Waals surface area contributed by atoms with Crippen LogP contribution in [0.4, 0.5) is 13.2 Å². The van der Waals surface area contributed by atoms with Crippen molar-refractivity contribution in [1.82, 2.24) is 15.5 Å². The standard InChI is InChI=1S/C7H8F3N3O/c8-7(9,10)4-11-6(14)3-5-1-2-12-13-5/h1-2H,3-4H2,(H,11,14)(H,12,13). The number of aromatic nitrogens is 2. The van der Waals surface area contributed by atoms with E-state index in [2.05, 4.69) is 10.2 Å². The Balaban J connectivity index is 2.30. The fourth-order valence-corrected chi connectivity index (χ4v) is 0.817. The van der Waals surface area contributed by atoms with Crippen LogP contribution < -0.4 is 5.32 Å². The molecule has 0 atom stereocenters. The summed E-state index contributed by atoms with van der Waals surface area (Å²) in [6, 6.07) is 1.52. The minimum absolute atomic E-state index is 0.129. The first-order chi connectivity index (χ1) is 6.47. The number of aromatic amines is 1. The number of H-pyrrole nitrogens is 1. The summed E-state index contributed by atoms with van der Waals surface area (Å²) in [6.07, 6.45) is -3.08. The maximum Gasteiger partial charge on any atom is 0.405 e. The molecule has 0 aliphatic heterocycles. The Morgan fingerprint density at radius 2 is 2.29 bits per heavy atom. The molecule has 7 heteroatoms. The number of rotatable bonds is 3. The number of carbonyl (C=O) groups is 1. The molecule has 0 aliphatic carbocycles. The van der Waals surface area contributed by atoms with Crippen LogP contribution in [0.2, 0.25) is 0 Å². The highest BCUT2D eigenvalue weighted by Gasteiger charge is 2.27. The van der Waals surface area contributed by atoms with Gasteiger partial charge in [0.2, 0.25) is 5.91 Å².